The molecule has 0 saturated heterocycles. The largest absolute Gasteiger partial charge is 0.508 e. The highest BCUT2D eigenvalue weighted by Crippen LogP contribution is 2.19. The molecule has 1 aromatic carbocycles. The maximum atomic E-state index is 11.4. The van der Waals surface area contributed by atoms with Crippen molar-refractivity contribution in [3.05, 3.63) is 23.8 Å². The number of phenols is 1. The Kier molecular flexibility index (Phi) is 4.95. The van der Waals surface area contributed by atoms with E-state index in [-0.39, 0.29) is 24.5 Å². The third-order valence-corrected chi connectivity index (χ3v) is 3.01. The summed E-state index contributed by atoms with van der Waals surface area (Å²) in [6, 6.07) is 4.24. The molecule has 0 aliphatic rings. The summed E-state index contributed by atoms with van der Waals surface area (Å²) in [5, 5.41) is 9.50. The van der Waals surface area contributed by atoms with Crippen molar-refractivity contribution in [1.82, 2.24) is 9.44 Å². The van der Waals surface area contributed by atoms with Crippen LogP contribution in [0.15, 0.2) is 18.2 Å². The number of nitrogens with two attached hydrogens (primary N) is 1. The minimum atomic E-state index is -4.06. The van der Waals surface area contributed by atoms with E-state index >= 15 is 0 Å². The van der Waals surface area contributed by atoms with Crippen LogP contribution < -0.4 is 15.2 Å². The van der Waals surface area contributed by atoms with Crippen LogP contribution in [-0.4, -0.2) is 26.2 Å². The third-order valence-electron chi connectivity index (χ3n) is 2.05. The van der Waals surface area contributed by atoms with Crippen LogP contribution in [0, 0.1) is 0 Å². The lowest BCUT2D eigenvalue weighted by atomic mass is 10.2. The normalized spacial score (nSPS) is 11.0. The first-order chi connectivity index (χ1) is 8.84. The Labute approximate surface area is 110 Å². The van der Waals surface area contributed by atoms with E-state index in [0.29, 0.717) is 5.69 Å². The molecule has 0 unspecified atom stereocenters. The smallest absolute Gasteiger partial charge is 0.421 e. The minimum Gasteiger partial charge on any atom is -0.508 e. The van der Waals surface area contributed by atoms with Crippen molar-refractivity contribution in [3.8, 4) is 5.75 Å². The number of carbonyl (C=O) groups is 1. The molecule has 0 atom stereocenters. The van der Waals surface area contributed by atoms with Crippen molar-refractivity contribution in [1.29, 1.82) is 0 Å². The molecule has 1 amide bonds. The van der Waals surface area contributed by atoms with Gasteiger partial charge in [-0.2, -0.15) is 13.1 Å². The Bertz CT molecular complexity index is 558. The second-order valence-electron chi connectivity index (χ2n) is 3.54. The molecule has 9 heteroatoms. The van der Waals surface area contributed by atoms with Crippen LogP contribution in [-0.2, 0) is 21.5 Å². The number of rotatable bonds is 5. The van der Waals surface area contributed by atoms with E-state index in [1.54, 1.807) is 11.6 Å². The summed E-state index contributed by atoms with van der Waals surface area (Å²) in [6.45, 7) is 1.38. The molecule has 106 valence electrons. The molecule has 19 heavy (non-hydrogen) atoms. The lowest BCUT2D eigenvalue weighted by Gasteiger charge is -2.09. The van der Waals surface area contributed by atoms with Gasteiger partial charge in [0.25, 0.3) is 0 Å². The molecule has 0 fully saturated rings. The van der Waals surface area contributed by atoms with Gasteiger partial charge in [0.15, 0.2) is 0 Å². The van der Waals surface area contributed by atoms with E-state index in [4.69, 9.17) is 5.73 Å². The average Bonchev–Trinajstić information content (AvgIpc) is 2.30. The van der Waals surface area contributed by atoms with Gasteiger partial charge < -0.3 is 15.6 Å². The van der Waals surface area contributed by atoms with Gasteiger partial charge in [-0.25, -0.2) is 9.52 Å². The molecule has 1 aromatic rings. The van der Waals surface area contributed by atoms with E-state index in [2.05, 4.69) is 9.46 Å². The van der Waals surface area contributed by atoms with Crippen molar-refractivity contribution < 1.29 is 23.1 Å². The second-order valence-corrected chi connectivity index (χ2v) is 5.03. The molecule has 1 rings (SSSR count). The van der Waals surface area contributed by atoms with Gasteiger partial charge in [0.05, 0.1) is 6.61 Å². The Morgan fingerprint density at radius 1 is 1.47 bits per heavy atom. The van der Waals surface area contributed by atoms with Crippen LogP contribution >= 0.6 is 0 Å². The first-order valence-electron chi connectivity index (χ1n) is 5.35. The Morgan fingerprint density at radius 2 is 2.16 bits per heavy atom. The highest BCUT2D eigenvalue weighted by Gasteiger charge is 2.15. The molecule has 0 bridgehead atoms. The summed E-state index contributed by atoms with van der Waals surface area (Å²) < 4.78 is 31.1. The van der Waals surface area contributed by atoms with Crippen LogP contribution in [0.1, 0.15) is 12.5 Å². The number of nitrogen functional groups attached to an aromatic ring is 1. The number of aromatic hydroxyl groups is 1. The summed E-state index contributed by atoms with van der Waals surface area (Å²) in [5.74, 6) is -0.104. The number of benzene rings is 1. The zero-order valence-corrected chi connectivity index (χ0v) is 11.0. The van der Waals surface area contributed by atoms with Crippen molar-refractivity contribution in [2.75, 3.05) is 12.3 Å². The van der Waals surface area contributed by atoms with Crippen LogP contribution in [0.2, 0.25) is 0 Å². The third kappa shape index (κ3) is 5.02. The molecular weight excluding hydrogens is 274 g/mol. The summed E-state index contributed by atoms with van der Waals surface area (Å²) in [6.07, 6.45) is -1.08. The van der Waals surface area contributed by atoms with Crippen LogP contribution in [0.25, 0.3) is 0 Å². The summed E-state index contributed by atoms with van der Waals surface area (Å²) in [5.41, 5.74) is 6.18. The molecule has 0 aliphatic heterocycles. The van der Waals surface area contributed by atoms with Crippen molar-refractivity contribution in [3.63, 3.8) is 0 Å². The Morgan fingerprint density at radius 3 is 2.79 bits per heavy atom. The number of anilines is 1. The van der Waals surface area contributed by atoms with Crippen molar-refractivity contribution in [2.45, 2.75) is 13.5 Å². The molecule has 5 N–H and O–H groups in total. The Hall–Kier alpha value is -2.00. The molecular formula is C10H15N3O5S. The highest BCUT2D eigenvalue weighted by molar-refractivity contribution is 7.88. The van der Waals surface area contributed by atoms with Crippen molar-refractivity contribution in [2.24, 2.45) is 0 Å². The maximum absolute atomic E-state index is 11.4. The van der Waals surface area contributed by atoms with Crippen LogP contribution in [0.4, 0.5) is 10.5 Å². The van der Waals surface area contributed by atoms with E-state index in [1.807, 2.05) is 0 Å². The predicted octanol–water partition coefficient (Wildman–Crippen LogP) is 0.0549. The van der Waals surface area contributed by atoms with Gasteiger partial charge in [-0.1, -0.05) is 0 Å². The molecule has 0 aromatic heterocycles. The molecule has 0 spiro atoms. The fourth-order valence-electron chi connectivity index (χ4n) is 1.23. The lowest BCUT2D eigenvalue weighted by Crippen LogP contribution is -2.40. The van der Waals surface area contributed by atoms with Crippen LogP contribution in [0.3, 0.4) is 0 Å². The number of hydrogen-bond donors (Lipinski definition) is 4. The number of hydrogen-bond acceptors (Lipinski definition) is 6. The van der Waals surface area contributed by atoms with E-state index < -0.39 is 16.3 Å². The molecule has 0 aliphatic carbocycles. The predicted molar refractivity (Wildman–Crippen MR) is 68.4 cm³/mol. The highest BCUT2D eigenvalue weighted by atomic mass is 32.2. The van der Waals surface area contributed by atoms with Gasteiger partial charge in [0.2, 0.25) is 0 Å². The number of nitrogens with one attached hydrogen (secondary N) is 2. The van der Waals surface area contributed by atoms with E-state index in [0.717, 1.165) is 0 Å². The van der Waals surface area contributed by atoms with Gasteiger partial charge in [0.1, 0.15) is 5.75 Å². The first-order valence-corrected chi connectivity index (χ1v) is 6.84. The first kappa shape index (κ1) is 15.1. The van der Waals surface area contributed by atoms with Gasteiger partial charge in [-0.15, -0.1) is 0 Å². The molecule has 0 radical (unpaired) electrons. The van der Waals surface area contributed by atoms with Gasteiger partial charge in [-0.3, -0.25) is 0 Å². The summed E-state index contributed by atoms with van der Waals surface area (Å²) >= 11 is 0. The summed E-state index contributed by atoms with van der Waals surface area (Å²) in [4.78, 5) is 11.0. The zero-order chi connectivity index (χ0) is 14.5. The molecule has 0 heterocycles. The second kappa shape index (κ2) is 6.25. The van der Waals surface area contributed by atoms with Crippen LogP contribution in [0.5, 0.6) is 5.75 Å². The fourth-order valence-corrected chi connectivity index (χ4v) is 1.92. The topological polar surface area (TPSA) is 131 Å². The number of carbonyl (C=O) groups excluding carboxylic acids is 1. The zero-order valence-electron chi connectivity index (χ0n) is 10.2. The number of phenolic OH excluding ortho intramolecular Hbond substituents is 1. The SMILES string of the molecule is CCOC(=O)NS(=O)(=O)NCc1cc(N)ccc1O. The fraction of sp³-hybridized carbons (Fsp3) is 0.300. The number of amides is 1. The van der Waals surface area contributed by atoms with Gasteiger partial charge in [-0.05, 0) is 25.1 Å². The van der Waals surface area contributed by atoms with E-state index in [1.165, 1.54) is 18.2 Å². The molecule has 0 saturated carbocycles. The van der Waals surface area contributed by atoms with Gasteiger partial charge >= 0.3 is 16.3 Å². The van der Waals surface area contributed by atoms with Gasteiger partial charge in [0, 0.05) is 17.8 Å². The Balaban J connectivity index is 2.65. The van der Waals surface area contributed by atoms with E-state index in [9.17, 15) is 18.3 Å². The summed E-state index contributed by atoms with van der Waals surface area (Å²) in [7, 11) is -4.06. The maximum Gasteiger partial charge on any atom is 0.421 e. The quantitative estimate of drug-likeness (QED) is 0.447. The molecule has 8 nitrogen and oxygen atoms in total. The average molecular weight is 289 g/mol. The number of ether oxygens (including phenoxy) is 1. The van der Waals surface area contributed by atoms with Crippen molar-refractivity contribution >= 4 is 22.0 Å². The lowest BCUT2D eigenvalue weighted by molar-refractivity contribution is 0.158. The minimum absolute atomic E-state index is 0.0529. The monoisotopic (exact) mass is 289 g/mol. The standard InChI is InChI=1S/C10H15N3O5S/c1-2-18-10(15)13-19(16,17)12-6-7-5-8(11)3-4-9(7)14/h3-5,12,14H,2,6,11H2,1H3,(H,13,15).